The van der Waals surface area contributed by atoms with Gasteiger partial charge in [-0.05, 0) is 34.4 Å². The number of benzene rings is 3. The van der Waals surface area contributed by atoms with Crippen molar-refractivity contribution in [3.8, 4) is 11.1 Å². The third-order valence-electron chi connectivity index (χ3n) is 5.07. The summed E-state index contributed by atoms with van der Waals surface area (Å²) in [7, 11) is 0. The van der Waals surface area contributed by atoms with Gasteiger partial charge < -0.3 is 10.1 Å². The number of carbonyl (C=O) groups excluding carboxylic acids is 1. The third kappa shape index (κ3) is 3.81. The zero-order valence-corrected chi connectivity index (χ0v) is 15.9. The van der Waals surface area contributed by atoms with Gasteiger partial charge in [0.15, 0.2) is 17.5 Å². The predicted octanol–water partition coefficient (Wildman–Crippen LogP) is 5.66. The molecule has 3 aromatic carbocycles. The molecule has 1 aliphatic carbocycles. The van der Waals surface area contributed by atoms with Gasteiger partial charge in [0, 0.05) is 18.0 Å². The minimum absolute atomic E-state index is 0.0463. The zero-order chi connectivity index (χ0) is 21.1. The first-order valence-electron chi connectivity index (χ1n) is 9.45. The van der Waals surface area contributed by atoms with Gasteiger partial charge in [-0.1, -0.05) is 60.7 Å². The normalized spacial score (nSPS) is 12.6. The van der Waals surface area contributed by atoms with Gasteiger partial charge in [0.2, 0.25) is 0 Å². The zero-order valence-electron chi connectivity index (χ0n) is 15.9. The molecule has 152 valence electrons. The van der Waals surface area contributed by atoms with Crippen molar-refractivity contribution in [1.82, 2.24) is 5.32 Å². The van der Waals surface area contributed by atoms with E-state index in [4.69, 9.17) is 4.74 Å². The molecule has 0 fully saturated rings. The van der Waals surface area contributed by atoms with Crippen LogP contribution in [0.3, 0.4) is 0 Å². The summed E-state index contributed by atoms with van der Waals surface area (Å²) in [4.78, 5) is 12.0. The second-order valence-corrected chi connectivity index (χ2v) is 6.87. The molecule has 0 unspecified atom stereocenters. The molecule has 1 aliphatic rings. The van der Waals surface area contributed by atoms with E-state index >= 15 is 0 Å². The van der Waals surface area contributed by atoms with Crippen LogP contribution in [-0.4, -0.2) is 19.2 Å². The summed E-state index contributed by atoms with van der Waals surface area (Å²) < 4.78 is 45.1. The maximum atomic E-state index is 13.6. The second kappa shape index (κ2) is 8.45. The Bertz CT molecular complexity index is 1080. The van der Waals surface area contributed by atoms with Crippen LogP contribution in [0.25, 0.3) is 17.2 Å². The fourth-order valence-corrected chi connectivity index (χ4v) is 3.65. The minimum atomic E-state index is -1.53. The molecule has 3 aromatic rings. The van der Waals surface area contributed by atoms with Crippen molar-refractivity contribution in [3.05, 3.63) is 101 Å². The fraction of sp³-hybridized carbons (Fsp3) is 0.125. The quantitative estimate of drug-likeness (QED) is 0.553. The minimum Gasteiger partial charge on any atom is -0.449 e. The molecule has 6 heteroatoms. The van der Waals surface area contributed by atoms with Crippen LogP contribution in [0.4, 0.5) is 18.0 Å². The smallest absolute Gasteiger partial charge is 0.407 e. The Morgan fingerprint density at radius 2 is 1.53 bits per heavy atom. The first-order valence-corrected chi connectivity index (χ1v) is 9.45. The average Bonchev–Trinajstić information content (AvgIpc) is 3.09. The number of fused-ring (bicyclic) bond motifs is 3. The van der Waals surface area contributed by atoms with Crippen LogP contribution < -0.4 is 5.32 Å². The standard InChI is InChI=1S/C24H18F3NO2/c25-21-12-11-15(22(26)23(21)27)6-5-13-28-24(29)30-14-20-18-9-3-1-7-16(18)17-8-2-4-10-19(17)20/h1-12,20H,13-14H2,(H,28,29). The first-order chi connectivity index (χ1) is 14.6. The number of nitrogens with one attached hydrogen (secondary N) is 1. The summed E-state index contributed by atoms with van der Waals surface area (Å²) in [6.45, 7) is 0.233. The molecular formula is C24H18F3NO2. The van der Waals surface area contributed by atoms with Gasteiger partial charge in [-0.2, -0.15) is 0 Å². The molecule has 0 spiro atoms. The maximum Gasteiger partial charge on any atom is 0.407 e. The van der Waals surface area contributed by atoms with Crippen molar-refractivity contribution in [1.29, 1.82) is 0 Å². The van der Waals surface area contributed by atoms with Gasteiger partial charge in [-0.3, -0.25) is 0 Å². The Morgan fingerprint density at radius 1 is 0.900 bits per heavy atom. The van der Waals surface area contributed by atoms with Crippen molar-refractivity contribution in [3.63, 3.8) is 0 Å². The molecule has 1 N–H and O–H groups in total. The molecule has 3 nitrogen and oxygen atoms in total. The summed E-state index contributed by atoms with van der Waals surface area (Å²) in [5, 5.41) is 2.53. The lowest BCUT2D eigenvalue weighted by molar-refractivity contribution is 0.144. The number of ether oxygens (including phenoxy) is 1. The molecule has 30 heavy (non-hydrogen) atoms. The molecule has 1 amide bonds. The highest BCUT2D eigenvalue weighted by atomic mass is 19.2. The van der Waals surface area contributed by atoms with E-state index in [0.717, 1.165) is 34.4 Å². The van der Waals surface area contributed by atoms with Gasteiger partial charge in [-0.15, -0.1) is 0 Å². The number of alkyl carbamates (subject to hydrolysis) is 1. The Kier molecular flexibility index (Phi) is 5.57. The van der Waals surface area contributed by atoms with Gasteiger partial charge >= 0.3 is 6.09 Å². The number of hydrogen-bond acceptors (Lipinski definition) is 2. The van der Waals surface area contributed by atoms with E-state index in [0.29, 0.717) is 0 Å². The van der Waals surface area contributed by atoms with Crippen LogP contribution in [0.15, 0.2) is 66.7 Å². The molecule has 0 radical (unpaired) electrons. The number of rotatable bonds is 5. The number of carbonyl (C=O) groups is 1. The van der Waals surface area contributed by atoms with E-state index in [1.165, 1.54) is 12.2 Å². The van der Waals surface area contributed by atoms with Crippen LogP contribution in [0.5, 0.6) is 0 Å². The molecule has 0 aliphatic heterocycles. The van der Waals surface area contributed by atoms with Crippen LogP contribution in [0.1, 0.15) is 22.6 Å². The molecule has 0 bridgehead atoms. The van der Waals surface area contributed by atoms with E-state index in [1.807, 2.05) is 36.4 Å². The molecule has 0 heterocycles. The van der Waals surface area contributed by atoms with Crippen molar-refractivity contribution in [2.24, 2.45) is 0 Å². The molecule has 0 saturated heterocycles. The largest absolute Gasteiger partial charge is 0.449 e. The number of halogens is 3. The Hall–Kier alpha value is -3.54. The van der Waals surface area contributed by atoms with Crippen molar-refractivity contribution >= 4 is 12.2 Å². The summed E-state index contributed by atoms with van der Waals surface area (Å²) in [6, 6.07) is 18.0. The SMILES string of the molecule is O=C(NCC=Cc1ccc(F)c(F)c1F)OCC1c2ccccc2-c2ccccc21. The van der Waals surface area contributed by atoms with Gasteiger partial charge in [0.05, 0.1) is 0 Å². The molecule has 0 aromatic heterocycles. The summed E-state index contributed by atoms with van der Waals surface area (Å²) >= 11 is 0. The lowest BCUT2D eigenvalue weighted by Crippen LogP contribution is -2.26. The highest BCUT2D eigenvalue weighted by Crippen LogP contribution is 2.44. The van der Waals surface area contributed by atoms with Gasteiger partial charge in [0.1, 0.15) is 6.61 Å². The Morgan fingerprint density at radius 3 is 2.20 bits per heavy atom. The lowest BCUT2D eigenvalue weighted by Gasteiger charge is -2.14. The maximum absolute atomic E-state index is 13.6. The monoisotopic (exact) mass is 409 g/mol. The van der Waals surface area contributed by atoms with Gasteiger partial charge in [-0.25, -0.2) is 18.0 Å². The van der Waals surface area contributed by atoms with Crippen molar-refractivity contribution < 1.29 is 22.7 Å². The molecule has 4 rings (SSSR count). The first kappa shape index (κ1) is 19.8. The van der Waals surface area contributed by atoms with Crippen LogP contribution in [0.2, 0.25) is 0 Å². The number of amides is 1. The lowest BCUT2D eigenvalue weighted by atomic mass is 9.98. The topological polar surface area (TPSA) is 38.3 Å². The van der Waals surface area contributed by atoms with E-state index in [1.54, 1.807) is 0 Å². The van der Waals surface area contributed by atoms with E-state index in [2.05, 4.69) is 17.4 Å². The molecule has 0 saturated carbocycles. The van der Waals surface area contributed by atoms with Crippen LogP contribution in [0, 0.1) is 17.5 Å². The molecular weight excluding hydrogens is 391 g/mol. The van der Waals surface area contributed by atoms with E-state index < -0.39 is 23.5 Å². The summed E-state index contributed by atoms with van der Waals surface area (Å²) in [5.74, 6) is -4.09. The average molecular weight is 409 g/mol. The number of hydrogen-bond donors (Lipinski definition) is 1. The van der Waals surface area contributed by atoms with Gasteiger partial charge in [0.25, 0.3) is 0 Å². The van der Waals surface area contributed by atoms with Crippen LogP contribution in [-0.2, 0) is 4.74 Å². The van der Waals surface area contributed by atoms with E-state index in [-0.39, 0.29) is 24.6 Å². The fourth-order valence-electron chi connectivity index (χ4n) is 3.65. The highest BCUT2D eigenvalue weighted by Gasteiger charge is 2.28. The highest BCUT2D eigenvalue weighted by molar-refractivity contribution is 5.79. The Labute approximate surface area is 171 Å². The Balaban J connectivity index is 1.34. The third-order valence-corrected chi connectivity index (χ3v) is 5.07. The van der Waals surface area contributed by atoms with Crippen molar-refractivity contribution in [2.75, 3.05) is 13.2 Å². The second-order valence-electron chi connectivity index (χ2n) is 6.87. The molecule has 0 atom stereocenters. The predicted molar refractivity (Wildman–Crippen MR) is 108 cm³/mol. The van der Waals surface area contributed by atoms with Crippen LogP contribution >= 0.6 is 0 Å². The van der Waals surface area contributed by atoms with E-state index in [9.17, 15) is 18.0 Å². The summed E-state index contributed by atoms with van der Waals surface area (Å²) in [6.07, 6.45) is 2.07. The summed E-state index contributed by atoms with van der Waals surface area (Å²) in [5.41, 5.74) is 4.39. The van der Waals surface area contributed by atoms with Crippen molar-refractivity contribution in [2.45, 2.75) is 5.92 Å².